The highest BCUT2D eigenvalue weighted by Gasteiger charge is 2.14. The first kappa shape index (κ1) is 18.5. The molecule has 0 aliphatic rings. The van der Waals surface area contributed by atoms with E-state index in [1.54, 1.807) is 6.07 Å². The van der Waals surface area contributed by atoms with Gasteiger partial charge in [-0.1, -0.05) is 73.1 Å². The van der Waals surface area contributed by atoms with Gasteiger partial charge in [-0.05, 0) is 40.6 Å². The molecule has 0 heterocycles. The average Bonchev–Trinajstić information content (AvgIpc) is 2.62. The van der Waals surface area contributed by atoms with E-state index in [2.05, 4.69) is 36.7 Å². The smallest absolute Gasteiger partial charge is 0.349 e. The van der Waals surface area contributed by atoms with Gasteiger partial charge in [-0.15, -0.1) is 0 Å². The summed E-state index contributed by atoms with van der Waals surface area (Å²) in [6, 6.07) is 19.2. The van der Waals surface area contributed by atoms with E-state index in [-0.39, 0.29) is 12.0 Å². The predicted octanol–water partition coefficient (Wildman–Crippen LogP) is 5.88. The summed E-state index contributed by atoms with van der Waals surface area (Å²) in [5, 5.41) is 1.88. The number of benzene rings is 3. The molecule has 0 spiro atoms. The Morgan fingerprint density at radius 1 is 0.923 bits per heavy atom. The summed E-state index contributed by atoms with van der Waals surface area (Å²) in [4.78, 5) is 12.2. The predicted molar refractivity (Wildman–Crippen MR) is 108 cm³/mol. The zero-order valence-corrected chi connectivity index (χ0v) is 16.7. The van der Waals surface area contributed by atoms with Crippen molar-refractivity contribution in [3.8, 4) is 11.5 Å². The van der Waals surface area contributed by atoms with Crippen molar-refractivity contribution in [2.75, 3.05) is 6.61 Å². The number of carbonyl (C=O) groups is 1. The fourth-order valence-electron chi connectivity index (χ4n) is 2.67. The third-order valence-electron chi connectivity index (χ3n) is 4.13. The van der Waals surface area contributed by atoms with Gasteiger partial charge in [0.15, 0.2) is 6.61 Å². The molecule has 0 unspecified atom stereocenters. The molecule has 0 aromatic heterocycles. The van der Waals surface area contributed by atoms with Crippen LogP contribution in [0.5, 0.6) is 11.5 Å². The summed E-state index contributed by atoms with van der Waals surface area (Å²) >= 11 is 3.51. The van der Waals surface area contributed by atoms with E-state index in [4.69, 9.17) is 9.47 Å². The SMILES string of the molecule is CC(C)(C)c1ccc(OCC(=O)Oc2ccc(Br)c3ccccc23)cc1. The Hall–Kier alpha value is -2.33. The Bertz CT molecular complexity index is 924. The zero-order chi connectivity index (χ0) is 18.7. The van der Waals surface area contributed by atoms with E-state index in [0.29, 0.717) is 11.5 Å². The van der Waals surface area contributed by atoms with E-state index in [1.165, 1.54) is 5.56 Å². The lowest BCUT2D eigenvalue weighted by molar-refractivity contribution is -0.136. The molecule has 134 valence electrons. The number of ether oxygens (including phenoxy) is 2. The van der Waals surface area contributed by atoms with E-state index in [1.807, 2.05) is 54.6 Å². The second-order valence-electron chi connectivity index (χ2n) is 7.13. The molecule has 0 saturated heterocycles. The second kappa shape index (κ2) is 7.50. The van der Waals surface area contributed by atoms with Gasteiger partial charge in [-0.25, -0.2) is 4.79 Å². The third-order valence-corrected chi connectivity index (χ3v) is 4.82. The Morgan fingerprint density at radius 3 is 2.23 bits per heavy atom. The number of hydrogen-bond donors (Lipinski definition) is 0. The van der Waals surface area contributed by atoms with Gasteiger partial charge in [-0.3, -0.25) is 0 Å². The Morgan fingerprint density at radius 2 is 1.58 bits per heavy atom. The van der Waals surface area contributed by atoms with Crippen molar-refractivity contribution in [3.63, 3.8) is 0 Å². The normalized spacial score (nSPS) is 11.4. The monoisotopic (exact) mass is 412 g/mol. The molecule has 0 amide bonds. The fourth-order valence-corrected chi connectivity index (χ4v) is 3.15. The molecule has 0 saturated carbocycles. The van der Waals surface area contributed by atoms with Gasteiger partial charge in [-0.2, -0.15) is 0 Å². The summed E-state index contributed by atoms with van der Waals surface area (Å²) in [7, 11) is 0. The van der Waals surface area contributed by atoms with Crippen molar-refractivity contribution in [1.29, 1.82) is 0 Å². The molecular formula is C22H21BrO3. The molecule has 0 N–H and O–H groups in total. The molecule has 0 fully saturated rings. The molecular weight excluding hydrogens is 392 g/mol. The summed E-state index contributed by atoms with van der Waals surface area (Å²) < 4.78 is 12.0. The van der Waals surface area contributed by atoms with Gasteiger partial charge < -0.3 is 9.47 Å². The van der Waals surface area contributed by atoms with Crippen molar-refractivity contribution >= 4 is 32.7 Å². The number of fused-ring (bicyclic) bond motifs is 1. The first-order valence-electron chi connectivity index (χ1n) is 8.46. The van der Waals surface area contributed by atoms with Crippen LogP contribution >= 0.6 is 15.9 Å². The molecule has 0 radical (unpaired) electrons. The van der Waals surface area contributed by atoms with Gasteiger partial charge in [0.1, 0.15) is 11.5 Å². The first-order chi connectivity index (χ1) is 12.3. The first-order valence-corrected chi connectivity index (χ1v) is 9.25. The number of halogens is 1. The highest BCUT2D eigenvalue weighted by molar-refractivity contribution is 9.10. The summed E-state index contributed by atoms with van der Waals surface area (Å²) in [6.07, 6.45) is 0. The molecule has 0 aliphatic carbocycles. The van der Waals surface area contributed by atoms with Crippen molar-refractivity contribution in [2.45, 2.75) is 26.2 Å². The quantitative estimate of drug-likeness (QED) is 0.396. The van der Waals surface area contributed by atoms with Gasteiger partial charge >= 0.3 is 5.97 Å². The Labute approximate surface area is 162 Å². The van der Waals surface area contributed by atoms with E-state index in [9.17, 15) is 4.79 Å². The van der Waals surface area contributed by atoms with E-state index >= 15 is 0 Å². The third kappa shape index (κ3) is 4.25. The molecule has 0 atom stereocenters. The van der Waals surface area contributed by atoms with Crippen molar-refractivity contribution in [1.82, 2.24) is 0 Å². The van der Waals surface area contributed by atoms with Crippen LogP contribution in [0.3, 0.4) is 0 Å². The van der Waals surface area contributed by atoms with Crippen LogP contribution in [0.25, 0.3) is 10.8 Å². The average molecular weight is 413 g/mol. The summed E-state index contributed by atoms with van der Waals surface area (Å²) in [6.45, 7) is 6.33. The maximum absolute atomic E-state index is 12.2. The van der Waals surface area contributed by atoms with Crippen LogP contribution < -0.4 is 9.47 Å². The molecule has 26 heavy (non-hydrogen) atoms. The molecule has 3 aromatic rings. The Kier molecular flexibility index (Phi) is 5.33. The maximum Gasteiger partial charge on any atom is 0.349 e. The minimum absolute atomic E-state index is 0.0834. The second-order valence-corrected chi connectivity index (χ2v) is 7.98. The van der Waals surface area contributed by atoms with Crippen molar-refractivity contribution in [3.05, 3.63) is 70.7 Å². The van der Waals surface area contributed by atoms with Crippen molar-refractivity contribution < 1.29 is 14.3 Å². The van der Waals surface area contributed by atoms with Crippen LogP contribution in [-0.4, -0.2) is 12.6 Å². The number of rotatable bonds is 4. The van der Waals surface area contributed by atoms with E-state index in [0.717, 1.165) is 15.2 Å². The van der Waals surface area contributed by atoms with Crippen LogP contribution in [0, 0.1) is 0 Å². The lowest BCUT2D eigenvalue weighted by atomic mass is 9.87. The number of hydrogen-bond acceptors (Lipinski definition) is 3. The van der Waals surface area contributed by atoms with Gasteiger partial charge in [0.05, 0.1) is 0 Å². The highest BCUT2D eigenvalue weighted by atomic mass is 79.9. The largest absolute Gasteiger partial charge is 0.482 e. The molecule has 3 nitrogen and oxygen atoms in total. The van der Waals surface area contributed by atoms with Crippen LogP contribution in [0.15, 0.2) is 65.1 Å². The fraction of sp³-hybridized carbons (Fsp3) is 0.227. The standard InChI is InChI=1S/C22H21BrO3/c1-22(2,3)15-8-10-16(11-9-15)25-14-21(24)26-20-13-12-19(23)17-6-4-5-7-18(17)20/h4-13H,14H2,1-3H3. The minimum atomic E-state index is -0.433. The minimum Gasteiger partial charge on any atom is -0.482 e. The number of carbonyl (C=O) groups excluding carboxylic acids is 1. The number of esters is 1. The van der Waals surface area contributed by atoms with Crippen LogP contribution in [0.2, 0.25) is 0 Å². The Balaban J connectivity index is 1.66. The van der Waals surface area contributed by atoms with E-state index < -0.39 is 5.97 Å². The molecule has 0 bridgehead atoms. The topological polar surface area (TPSA) is 35.5 Å². The lowest BCUT2D eigenvalue weighted by Gasteiger charge is -2.19. The molecule has 4 heteroatoms. The van der Waals surface area contributed by atoms with Gasteiger partial charge in [0.2, 0.25) is 0 Å². The van der Waals surface area contributed by atoms with Crippen molar-refractivity contribution in [2.24, 2.45) is 0 Å². The summed E-state index contributed by atoms with van der Waals surface area (Å²) in [5.41, 5.74) is 1.30. The van der Waals surface area contributed by atoms with Gasteiger partial charge in [0.25, 0.3) is 0 Å². The molecule has 3 rings (SSSR count). The highest BCUT2D eigenvalue weighted by Crippen LogP contribution is 2.31. The van der Waals surface area contributed by atoms with Gasteiger partial charge in [0, 0.05) is 9.86 Å². The van der Waals surface area contributed by atoms with Crippen LogP contribution in [-0.2, 0) is 10.2 Å². The maximum atomic E-state index is 12.2. The zero-order valence-electron chi connectivity index (χ0n) is 15.1. The molecule has 0 aliphatic heterocycles. The summed E-state index contributed by atoms with van der Waals surface area (Å²) in [5.74, 6) is 0.744. The lowest BCUT2D eigenvalue weighted by Crippen LogP contribution is -2.18. The van der Waals surface area contributed by atoms with Crippen LogP contribution in [0.1, 0.15) is 26.3 Å². The van der Waals surface area contributed by atoms with Crippen LogP contribution in [0.4, 0.5) is 0 Å². The molecule has 3 aromatic carbocycles.